The maximum absolute atomic E-state index is 13.8. The summed E-state index contributed by atoms with van der Waals surface area (Å²) in [6.45, 7) is 2.00. The molecule has 3 rings (SSSR count). The van der Waals surface area contributed by atoms with E-state index in [0.717, 1.165) is 29.8 Å². The Bertz CT molecular complexity index is 924. The van der Waals surface area contributed by atoms with Crippen LogP contribution in [0.25, 0.3) is 0 Å². The van der Waals surface area contributed by atoms with Crippen molar-refractivity contribution in [3.05, 3.63) is 83.6 Å². The highest BCUT2D eigenvalue weighted by Crippen LogP contribution is 2.23. The fourth-order valence-corrected chi connectivity index (χ4v) is 2.53. The van der Waals surface area contributed by atoms with Gasteiger partial charge in [-0.15, -0.1) is 0 Å². The molecule has 0 atom stereocenters. The number of para-hydroxylation sites is 2. The quantitative estimate of drug-likeness (QED) is 0.685. The Morgan fingerprint density at radius 2 is 1.77 bits per heavy atom. The Morgan fingerprint density at radius 1 is 1.04 bits per heavy atom. The van der Waals surface area contributed by atoms with Gasteiger partial charge in [-0.05, 0) is 42.3 Å². The predicted octanol–water partition coefficient (Wildman–Crippen LogP) is 4.92. The first kappa shape index (κ1) is 17.5. The minimum absolute atomic E-state index is 0.172. The lowest BCUT2D eigenvalue weighted by Crippen LogP contribution is -2.13. The van der Waals surface area contributed by atoms with E-state index < -0.39 is 11.6 Å². The van der Waals surface area contributed by atoms with Crippen LogP contribution < -0.4 is 10.6 Å². The number of rotatable bonds is 5. The molecule has 0 aliphatic carbocycles. The zero-order valence-corrected chi connectivity index (χ0v) is 14.1. The molecule has 4 nitrogen and oxygen atoms in total. The summed E-state index contributed by atoms with van der Waals surface area (Å²) >= 11 is 0. The average Bonchev–Trinajstić information content (AvgIpc) is 2.65. The van der Waals surface area contributed by atoms with Gasteiger partial charge in [0.25, 0.3) is 5.91 Å². The van der Waals surface area contributed by atoms with E-state index in [2.05, 4.69) is 15.6 Å². The summed E-state index contributed by atoms with van der Waals surface area (Å²) in [5, 5.41) is 5.43. The van der Waals surface area contributed by atoms with Crippen LogP contribution in [0.4, 0.5) is 26.0 Å². The fourth-order valence-electron chi connectivity index (χ4n) is 2.53. The Kier molecular flexibility index (Phi) is 5.22. The predicted molar refractivity (Wildman–Crippen MR) is 97.7 cm³/mol. The van der Waals surface area contributed by atoms with Gasteiger partial charge in [0.05, 0.1) is 0 Å². The first-order valence-corrected chi connectivity index (χ1v) is 8.15. The number of hydrogen-bond acceptors (Lipinski definition) is 3. The lowest BCUT2D eigenvalue weighted by atomic mass is 10.1. The van der Waals surface area contributed by atoms with E-state index in [0.29, 0.717) is 5.56 Å². The van der Waals surface area contributed by atoms with Crippen LogP contribution in [0.1, 0.15) is 22.8 Å². The maximum Gasteiger partial charge on any atom is 0.255 e. The third kappa shape index (κ3) is 3.85. The highest BCUT2D eigenvalue weighted by Gasteiger charge is 2.12. The first-order valence-electron chi connectivity index (χ1n) is 8.15. The zero-order valence-electron chi connectivity index (χ0n) is 14.1. The normalized spacial score (nSPS) is 10.4. The molecule has 0 fully saturated rings. The molecule has 0 radical (unpaired) electrons. The number of halogens is 2. The Labute approximate surface area is 149 Å². The summed E-state index contributed by atoms with van der Waals surface area (Å²) < 4.78 is 27.5. The van der Waals surface area contributed by atoms with Gasteiger partial charge in [-0.3, -0.25) is 4.79 Å². The van der Waals surface area contributed by atoms with E-state index in [1.165, 1.54) is 24.4 Å². The SMILES string of the molecule is CCc1ccccc1NC(=O)c1ccnc(Nc2c(F)cccc2F)c1. The van der Waals surface area contributed by atoms with Gasteiger partial charge in [-0.25, -0.2) is 13.8 Å². The van der Waals surface area contributed by atoms with Crippen molar-refractivity contribution in [3.63, 3.8) is 0 Å². The van der Waals surface area contributed by atoms with Crippen LogP contribution in [0, 0.1) is 11.6 Å². The number of amides is 1. The van der Waals surface area contributed by atoms with Crippen molar-refractivity contribution >= 4 is 23.1 Å². The van der Waals surface area contributed by atoms with Crippen molar-refractivity contribution in [1.82, 2.24) is 4.98 Å². The number of carbonyl (C=O) groups excluding carboxylic acids is 1. The molecular formula is C20H17F2N3O. The van der Waals surface area contributed by atoms with Gasteiger partial charge in [-0.1, -0.05) is 31.2 Å². The molecule has 132 valence electrons. The van der Waals surface area contributed by atoms with Crippen molar-refractivity contribution in [2.75, 3.05) is 10.6 Å². The number of nitrogens with one attached hydrogen (secondary N) is 2. The molecule has 2 N–H and O–H groups in total. The molecule has 26 heavy (non-hydrogen) atoms. The van der Waals surface area contributed by atoms with E-state index in [9.17, 15) is 13.6 Å². The molecule has 0 bridgehead atoms. The van der Waals surface area contributed by atoms with Crippen LogP contribution in [0.3, 0.4) is 0 Å². The average molecular weight is 353 g/mol. The maximum atomic E-state index is 13.8. The molecule has 0 aliphatic heterocycles. The number of anilines is 3. The third-order valence-corrected chi connectivity index (χ3v) is 3.88. The minimum atomic E-state index is -0.737. The van der Waals surface area contributed by atoms with Crippen LogP contribution in [0.2, 0.25) is 0 Å². The second kappa shape index (κ2) is 7.74. The molecule has 0 unspecified atom stereocenters. The van der Waals surface area contributed by atoms with Crippen molar-refractivity contribution in [3.8, 4) is 0 Å². The molecule has 1 aromatic heterocycles. The van der Waals surface area contributed by atoms with Gasteiger partial charge in [0.15, 0.2) is 0 Å². The number of aryl methyl sites for hydroxylation is 1. The molecule has 0 saturated heterocycles. The first-order chi connectivity index (χ1) is 12.6. The van der Waals surface area contributed by atoms with Crippen LogP contribution >= 0.6 is 0 Å². The van der Waals surface area contributed by atoms with Crippen LogP contribution in [-0.4, -0.2) is 10.9 Å². The monoisotopic (exact) mass is 353 g/mol. The van der Waals surface area contributed by atoms with Gasteiger partial charge < -0.3 is 10.6 Å². The number of carbonyl (C=O) groups is 1. The highest BCUT2D eigenvalue weighted by molar-refractivity contribution is 6.05. The van der Waals surface area contributed by atoms with E-state index in [-0.39, 0.29) is 17.4 Å². The Hall–Kier alpha value is -3.28. The number of benzene rings is 2. The van der Waals surface area contributed by atoms with E-state index in [4.69, 9.17) is 0 Å². The smallest absolute Gasteiger partial charge is 0.255 e. The number of hydrogen-bond donors (Lipinski definition) is 2. The van der Waals surface area contributed by atoms with Crippen molar-refractivity contribution in [2.24, 2.45) is 0 Å². The van der Waals surface area contributed by atoms with Crippen molar-refractivity contribution in [2.45, 2.75) is 13.3 Å². The fraction of sp³-hybridized carbons (Fsp3) is 0.100. The number of pyridine rings is 1. The van der Waals surface area contributed by atoms with Gasteiger partial charge in [0, 0.05) is 17.4 Å². The summed E-state index contributed by atoms with van der Waals surface area (Å²) in [7, 11) is 0. The highest BCUT2D eigenvalue weighted by atomic mass is 19.1. The summed E-state index contributed by atoms with van der Waals surface area (Å²) in [5.41, 5.74) is 1.76. The lowest BCUT2D eigenvalue weighted by molar-refractivity contribution is 0.102. The van der Waals surface area contributed by atoms with Crippen molar-refractivity contribution in [1.29, 1.82) is 0 Å². The number of aromatic nitrogens is 1. The summed E-state index contributed by atoms with van der Waals surface area (Å²) in [6.07, 6.45) is 2.19. The Morgan fingerprint density at radius 3 is 2.50 bits per heavy atom. The molecule has 1 amide bonds. The summed E-state index contributed by atoms with van der Waals surface area (Å²) in [5.74, 6) is -1.63. The number of nitrogens with zero attached hydrogens (tertiary/aromatic N) is 1. The van der Waals surface area contributed by atoms with Crippen LogP contribution in [0.15, 0.2) is 60.8 Å². The van der Waals surface area contributed by atoms with Crippen molar-refractivity contribution < 1.29 is 13.6 Å². The van der Waals surface area contributed by atoms with Gasteiger partial charge >= 0.3 is 0 Å². The van der Waals surface area contributed by atoms with Gasteiger partial charge in [0.1, 0.15) is 23.1 Å². The van der Waals surface area contributed by atoms with Gasteiger partial charge in [-0.2, -0.15) is 0 Å². The second-order valence-corrected chi connectivity index (χ2v) is 5.62. The largest absolute Gasteiger partial charge is 0.335 e. The molecule has 0 aliphatic rings. The molecule has 1 heterocycles. The van der Waals surface area contributed by atoms with E-state index in [1.807, 2.05) is 31.2 Å². The molecule has 0 spiro atoms. The van der Waals surface area contributed by atoms with E-state index in [1.54, 1.807) is 0 Å². The molecule has 2 aromatic carbocycles. The van der Waals surface area contributed by atoms with E-state index >= 15 is 0 Å². The summed E-state index contributed by atoms with van der Waals surface area (Å²) in [6, 6.07) is 14.1. The lowest BCUT2D eigenvalue weighted by Gasteiger charge is -2.11. The standard InChI is InChI=1S/C20H17F2N3O/c1-2-13-6-3-4-9-17(13)24-20(26)14-10-11-23-18(12-14)25-19-15(21)7-5-8-16(19)22/h3-12H,2H2,1H3,(H,23,25)(H,24,26). The molecule has 6 heteroatoms. The van der Waals surface area contributed by atoms with Crippen LogP contribution in [0.5, 0.6) is 0 Å². The second-order valence-electron chi connectivity index (χ2n) is 5.62. The summed E-state index contributed by atoms with van der Waals surface area (Å²) in [4.78, 5) is 16.5. The molecule has 0 saturated carbocycles. The van der Waals surface area contributed by atoms with Gasteiger partial charge in [0.2, 0.25) is 0 Å². The topological polar surface area (TPSA) is 54.0 Å². The van der Waals surface area contributed by atoms with Crippen LogP contribution in [-0.2, 0) is 6.42 Å². The molecular weight excluding hydrogens is 336 g/mol. The third-order valence-electron chi connectivity index (χ3n) is 3.88. The minimum Gasteiger partial charge on any atom is -0.335 e. The molecule has 3 aromatic rings. The zero-order chi connectivity index (χ0) is 18.5. The Balaban J connectivity index is 1.82.